The number of hydrogen-bond donors (Lipinski definition) is 2. The molecule has 0 saturated carbocycles. The van der Waals surface area contributed by atoms with Crippen LogP contribution in [0.4, 0.5) is 5.69 Å². The standard InChI is InChI=1S/C9H11N3O4S2/c10-5-6-18(15,16)12-9-3-1-8(2-4-9)7-17(11,13)14/h1-4,12H,6-7H2,(H2,11,13,14). The van der Waals surface area contributed by atoms with E-state index >= 15 is 0 Å². The Bertz CT molecular complexity index is 657. The normalized spacial score (nSPS) is 11.8. The molecule has 0 spiro atoms. The maximum Gasteiger partial charge on any atom is 0.246 e. The fourth-order valence-corrected chi connectivity index (χ4v) is 2.60. The smallest absolute Gasteiger partial charge is 0.246 e. The Labute approximate surface area is 105 Å². The number of rotatable bonds is 5. The predicted molar refractivity (Wildman–Crippen MR) is 66.3 cm³/mol. The summed E-state index contributed by atoms with van der Waals surface area (Å²) in [6.07, 6.45) is 0. The van der Waals surface area contributed by atoms with Gasteiger partial charge in [-0.3, -0.25) is 4.72 Å². The molecule has 3 N–H and O–H groups in total. The summed E-state index contributed by atoms with van der Waals surface area (Å²) in [6, 6.07) is 7.20. The minimum Gasteiger partial charge on any atom is -0.283 e. The number of hydrogen-bond acceptors (Lipinski definition) is 5. The summed E-state index contributed by atoms with van der Waals surface area (Å²) in [4.78, 5) is 0. The molecule has 1 aromatic carbocycles. The largest absolute Gasteiger partial charge is 0.283 e. The molecule has 98 valence electrons. The first-order chi connectivity index (χ1) is 8.22. The van der Waals surface area contributed by atoms with Crippen LogP contribution >= 0.6 is 0 Å². The van der Waals surface area contributed by atoms with E-state index in [1.807, 2.05) is 0 Å². The van der Waals surface area contributed by atoms with Crippen LogP contribution < -0.4 is 9.86 Å². The minimum atomic E-state index is -3.69. The molecule has 0 bridgehead atoms. The van der Waals surface area contributed by atoms with Crippen molar-refractivity contribution in [3.63, 3.8) is 0 Å². The van der Waals surface area contributed by atoms with Gasteiger partial charge in [0.15, 0.2) is 5.75 Å². The molecular formula is C9H11N3O4S2. The Kier molecular flexibility index (Phi) is 4.28. The zero-order valence-corrected chi connectivity index (χ0v) is 10.8. The predicted octanol–water partition coefficient (Wildman–Crippen LogP) is -0.260. The lowest BCUT2D eigenvalue weighted by Crippen LogP contribution is -2.16. The number of primary sulfonamides is 1. The van der Waals surface area contributed by atoms with Crippen molar-refractivity contribution in [3.05, 3.63) is 29.8 Å². The lowest BCUT2D eigenvalue weighted by atomic mass is 10.2. The van der Waals surface area contributed by atoms with E-state index in [4.69, 9.17) is 10.4 Å². The van der Waals surface area contributed by atoms with Crippen molar-refractivity contribution in [3.8, 4) is 6.07 Å². The molecule has 0 radical (unpaired) electrons. The van der Waals surface area contributed by atoms with Crippen LogP contribution in [-0.4, -0.2) is 22.6 Å². The first-order valence-corrected chi connectivity index (χ1v) is 8.05. The van der Waals surface area contributed by atoms with E-state index in [1.54, 1.807) is 0 Å². The van der Waals surface area contributed by atoms with Crippen molar-refractivity contribution < 1.29 is 16.8 Å². The summed E-state index contributed by atoms with van der Waals surface area (Å²) >= 11 is 0. The van der Waals surface area contributed by atoms with Crippen LogP contribution in [0.3, 0.4) is 0 Å². The molecule has 1 aromatic rings. The van der Waals surface area contributed by atoms with Gasteiger partial charge in [0, 0.05) is 5.69 Å². The van der Waals surface area contributed by atoms with E-state index in [9.17, 15) is 16.8 Å². The lowest BCUT2D eigenvalue weighted by molar-refractivity contribution is 0.596. The second kappa shape index (κ2) is 5.34. The number of nitrogens with one attached hydrogen (secondary N) is 1. The zero-order valence-electron chi connectivity index (χ0n) is 9.20. The van der Waals surface area contributed by atoms with Crippen molar-refractivity contribution >= 4 is 25.7 Å². The van der Waals surface area contributed by atoms with Gasteiger partial charge in [0.2, 0.25) is 20.0 Å². The van der Waals surface area contributed by atoms with Crippen LogP contribution in [0.5, 0.6) is 0 Å². The van der Waals surface area contributed by atoms with Gasteiger partial charge in [0.1, 0.15) is 0 Å². The second-order valence-electron chi connectivity index (χ2n) is 3.52. The number of benzene rings is 1. The van der Waals surface area contributed by atoms with Crippen molar-refractivity contribution in [1.82, 2.24) is 0 Å². The molecule has 0 saturated heterocycles. The number of nitrogens with zero attached hydrogens (tertiary/aromatic N) is 1. The van der Waals surface area contributed by atoms with Gasteiger partial charge in [-0.05, 0) is 17.7 Å². The first-order valence-electron chi connectivity index (χ1n) is 4.69. The highest BCUT2D eigenvalue weighted by Gasteiger charge is 2.10. The van der Waals surface area contributed by atoms with Gasteiger partial charge >= 0.3 is 0 Å². The van der Waals surface area contributed by atoms with Gasteiger partial charge in [0.25, 0.3) is 0 Å². The summed E-state index contributed by atoms with van der Waals surface area (Å²) in [5.41, 5.74) is 0.698. The third-order valence-electron chi connectivity index (χ3n) is 1.85. The van der Waals surface area contributed by atoms with Crippen molar-refractivity contribution in [1.29, 1.82) is 5.26 Å². The summed E-state index contributed by atoms with van der Waals surface area (Å²) < 4.78 is 46.4. The Balaban J connectivity index is 2.82. The number of anilines is 1. The Morgan fingerprint density at radius 1 is 1.17 bits per heavy atom. The SMILES string of the molecule is N#CCS(=O)(=O)Nc1ccc(CS(N)(=O)=O)cc1. The fraction of sp³-hybridized carbons (Fsp3) is 0.222. The highest BCUT2D eigenvalue weighted by Crippen LogP contribution is 2.12. The topological polar surface area (TPSA) is 130 Å². The average Bonchev–Trinajstić information content (AvgIpc) is 2.18. The first kappa shape index (κ1) is 14.4. The maximum atomic E-state index is 11.3. The number of nitrogens with two attached hydrogens (primary N) is 1. The third-order valence-corrected chi connectivity index (χ3v) is 3.64. The summed E-state index contributed by atoms with van der Waals surface area (Å²) in [7, 11) is -7.30. The molecule has 0 fully saturated rings. The van der Waals surface area contributed by atoms with Gasteiger partial charge in [-0.1, -0.05) is 12.1 Å². The van der Waals surface area contributed by atoms with Crippen molar-refractivity contribution in [2.24, 2.45) is 5.14 Å². The molecule has 0 aliphatic carbocycles. The third kappa shape index (κ3) is 5.13. The molecule has 0 aliphatic heterocycles. The van der Waals surface area contributed by atoms with Crippen LogP contribution in [0.25, 0.3) is 0 Å². The van der Waals surface area contributed by atoms with E-state index in [0.717, 1.165) is 0 Å². The molecule has 18 heavy (non-hydrogen) atoms. The van der Waals surface area contributed by atoms with Gasteiger partial charge in [0.05, 0.1) is 11.8 Å². The molecular weight excluding hydrogens is 278 g/mol. The van der Waals surface area contributed by atoms with E-state index in [2.05, 4.69) is 4.72 Å². The highest BCUT2D eigenvalue weighted by atomic mass is 32.2. The van der Waals surface area contributed by atoms with Gasteiger partial charge < -0.3 is 0 Å². The monoisotopic (exact) mass is 289 g/mol. The van der Waals surface area contributed by atoms with Crippen LogP contribution in [0.1, 0.15) is 5.56 Å². The molecule has 1 rings (SSSR count). The van der Waals surface area contributed by atoms with Crippen molar-refractivity contribution in [2.45, 2.75) is 5.75 Å². The molecule has 7 nitrogen and oxygen atoms in total. The second-order valence-corrected chi connectivity index (χ2v) is 6.86. The summed E-state index contributed by atoms with van der Waals surface area (Å²) in [5.74, 6) is -0.968. The average molecular weight is 289 g/mol. The van der Waals surface area contributed by atoms with Crippen LogP contribution in [-0.2, 0) is 25.8 Å². The van der Waals surface area contributed by atoms with E-state index < -0.39 is 25.8 Å². The Morgan fingerprint density at radius 3 is 2.17 bits per heavy atom. The van der Waals surface area contributed by atoms with Gasteiger partial charge in [-0.25, -0.2) is 22.0 Å². The molecule has 0 amide bonds. The Morgan fingerprint density at radius 2 is 1.72 bits per heavy atom. The van der Waals surface area contributed by atoms with Gasteiger partial charge in [-0.15, -0.1) is 0 Å². The molecule has 0 aliphatic rings. The summed E-state index contributed by atoms with van der Waals surface area (Å²) in [6.45, 7) is 0. The van der Waals surface area contributed by atoms with E-state index in [0.29, 0.717) is 5.56 Å². The fourth-order valence-electron chi connectivity index (χ4n) is 1.20. The summed E-state index contributed by atoms with van der Waals surface area (Å²) in [5, 5.41) is 13.2. The number of sulfonamides is 2. The van der Waals surface area contributed by atoms with E-state index in [1.165, 1.54) is 30.3 Å². The lowest BCUT2D eigenvalue weighted by Gasteiger charge is -2.05. The van der Waals surface area contributed by atoms with Crippen molar-refractivity contribution in [2.75, 3.05) is 10.5 Å². The molecule has 0 unspecified atom stereocenters. The molecule has 0 aromatic heterocycles. The van der Waals surface area contributed by atoms with Crippen LogP contribution in [0, 0.1) is 11.3 Å². The number of nitriles is 1. The quantitative estimate of drug-likeness (QED) is 0.771. The van der Waals surface area contributed by atoms with Crippen LogP contribution in [0.2, 0.25) is 0 Å². The maximum absolute atomic E-state index is 11.3. The van der Waals surface area contributed by atoms with Gasteiger partial charge in [-0.2, -0.15) is 5.26 Å². The molecule has 9 heteroatoms. The highest BCUT2D eigenvalue weighted by molar-refractivity contribution is 7.92. The molecule has 0 heterocycles. The minimum absolute atomic E-state index is 0.253. The van der Waals surface area contributed by atoms with E-state index in [-0.39, 0.29) is 11.4 Å². The van der Waals surface area contributed by atoms with Crippen LogP contribution in [0.15, 0.2) is 24.3 Å². The Hall–Kier alpha value is -1.63. The molecule has 0 atom stereocenters. The zero-order chi connectivity index (χ0) is 13.8.